The number of rotatable bonds is 5. The highest BCUT2D eigenvalue weighted by molar-refractivity contribution is 9.10. The second-order valence-corrected chi connectivity index (χ2v) is 6.83. The van der Waals surface area contributed by atoms with Crippen LogP contribution in [0.25, 0.3) is 0 Å². The summed E-state index contributed by atoms with van der Waals surface area (Å²) in [5.41, 5.74) is 2.26. The third-order valence-electron chi connectivity index (χ3n) is 3.57. The summed E-state index contributed by atoms with van der Waals surface area (Å²) in [7, 11) is 1.51. The van der Waals surface area contributed by atoms with Crippen molar-refractivity contribution in [3.63, 3.8) is 0 Å². The van der Waals surface area contributed by atoms with Crippen LogP contribution >= 0.6 is 28.1 Å². The molecule has 0 aliphatic heterocycles. The van der Waals surface area contributed by atoms with Gasteiger partial charge < -0.3 is 14.8 Å². The van der Waals surface area contributed by atoms with Gasteiger partial charge in [-0.05, 0) is 68.0 Å². The SMILES string of the molecule is CCOC(=O)c1ccc(NC(=S)NC(=O)c2cc(Br)cc(C)c2OC)cc1. The molecule has 2 aromatic carbocycles. The number of carbonyl (C=O) groups is 2. The summed E-state index contributed by atoms with van der Waals surface area (Å²) in [6, 6.07) is 10.1. The predicted octanol–water partition coefficient (Wildman–Crippen LogP) is 4.07. The quantitative estimate of drug-likeness (QED) is 0.527. The van der Waals surface area contributed by atoms with Gasteiger partial charge in [0.1, 0.15) is 5.75 Å². The summed E-state index contributed by atoms with van der Waals surface area (Å²) in [4.78, 5) is 24.2. The number of carbonyl (C=O) groups excluding carboxylic acids is 2. The normalized spacial score (nSPS) is 10.1. The monoisotopic (exact) mass is 450 g/mol. The number of hydrogen-bond donors (Lipinski definition) is 2. The fraction of sp³-hybridized carbons (Fsp3) is 0.211. The minimum absolute atomic E-state index is 0.128. The van der Waals surface area contributed by atoms with E-state index in [9.17, 15) is 9.59 Å². The molecule has 0 aliphatic rings. The topological polar surface area (TPSA) is 76.7 Å². The zero-order valence-electron chi connectivity index (χ0n) is 15.1. The molecule has 0 saturated carbocycles. The van der Waals surface area contributed by atoms with Crippen molar-refractivity contribution in [3.05, 3.63) is 57.6 Å². The van der Waals surface area contributed by atoms with Crippen LogP contribution in [-0.2, 0) is 4.74 Å². The van der Waals surface area contributed by atoms with Crippen LogP contribution in [0.2, 0.25) is 0 Å². The Morgan fingerprint density at radius 2 is 1.85 bits per heavy atom. The van der Waals surface area contributed by atoms with Gasteiger partial charge in [0.15, 0.2) is 5.11 Å². The molecule has 0 fully saturated rings. The van der Waals surface area contributed by atoms with Crippen LogP contribution < -0.4 is 15.4 Å². The number of aryl methyl sites for hydroxylation is 1. The van der Waals surface area contributed by atoms with Gasteiger partial charge in [0.25, 0.3) is 5.91 Å². The average Bonchev–Trinajstić information content (AvgIpc) is 2.61. The number of halogens is 1. The van der Waals surface area contributed by atoms with Crippen LogP contribution in [0.5, 0.6) is 5.75 Å². The number of benzene rings is 2. The van der Waals surface area contributed by atoms with Crippen molar-refractivity contribution in [1.29, 1.82) is 0 Å². The lowest BCUT2D eigenvalue weighted by Crippen LogP contribution is -2.34. The molecule has 6 nitrogen and oxygen atoms in total. The second-order valence-electron chi connectivity index (χ2n) is 5.51. The predicted molar refractivity (Wildman–Crippen MR) is 112 cm³/mol. The second kappa shape index (κ2) is 9.48. The Morgan fingerprint density at radius 1 is 1.19 bits per heavy atom. The first-order chi connectivity index (χ1) is 12.8. The molecule has 0 aromatic heterocycles. The lowest BCUT2D eigenvalue weighted by molar-refractivity contribution is 0.0526. The van der Waals surface area contributed by atoms with Gasteiger partial charge in [-0.1, -0.05) is 15.9 Å². The van der Waals surface area contributed by atoms with Crippen molar-refractivity contribution < 1.29 is 19.1 Å². The van der Waals surface area contributed by atoms with Gasteiger partial charge in [-0.25, -0.2) is 4.79 Å². The largest absolute Gasteiger partial charge is 0.496 e. The molecule has 142 valence electrons. The molecule has 0 unspecified atom stereocenters. The van der Waals surface area contributed by atoms with Crippen LogP contribution in [0.15, 0.2) is 40.9 Å². The number of nitrogens with one attached hydrogen (secondary N) is 2. The number of esters is 1. The molecule has 2 aromatic rings. The van der Waals surface area contributed by atoms with Crippen LogP contribution in [-0.4, -0.2) is 30.7 Å². The number of anilines is 1. The summed E-state index contributed by atoms with van der Waals surface area (Å²) in [6.45, 7) is 3.91. The molecule has 1 amide bonds. The van der Waals surface area contributed by atoms with Gasteiger partial charge in [0, 0.05) is 10.2 Å². The highest BCUT2D eigenvalue weighted by Crippen LogP contribution is 2.27. The molecular formula is C19H19BrN2O4S. The molecule has 0 atom stereocenters. The van der Waals surface area contributed by atoms with Crippen molar-refractivity contribution in [2.45, 2.75) is 13.8 Å². The number of thiocarbonyl (C=S) groups is 1. The average molecular weight is 451 g/mol. The van der Waals surface area contributed by atoms with E-state index < -0.39 is 11.9 Å². The number of ether oxygens (including phenoxy) is 2. The van der Waals surface area contributed by atoms with Crippen molar-refractivity contribution in [2.75, 3.05) is 19.0 Å². The van der Waals surface area contributed by atoms with E-state index in [1.165, 1.54) is 7.11 Å². The zero-order valence-corrected chi connectivity index (χ0v) is 17.5. The Hall–Kier alpha value is -2.45. The van der Waals surface area contributed by atoms with Gasteiger partial charge in [0.2, 0.25) is 0 Å². The van der Waals surface area contributed by atoms with Crippen LogP contribution in [0.3, 0.4) is 0 Å². The smallest absolute Gasteiger partial charge is 0.338 e. The molecule has 0 radical (unpaired) electrons. The molecule has 2 N–H and O–H groups in total. The highest BCUT2D eigenvalue weighted by atomic mass is 79.9. The van der Waals surface area contributed by atoms with Gasteiger partial charge in [-0.15, -0.1) is 0 Å². The highest BCUT2D eigenvalue weighted by Gasteiger charge is 2.17. The zero-order chi connectivity index (χ0) is 20.0. The van der Waals surface area contributed by atoms with Crippen molar-refractivity contribution in [2.24, 2.45) is 0 Å². The van der Waals surface area contributed by atoms with Gasteiger partial charge >= 0.3 is 5.97 Å². The van der Waals surface area contributed by atoms with Gasteiger partial charge in [-0.2, -0.15) is 0 Å². The first-order valence-corrected chi connectivity index (χ1v) is 9.29. The fourth-order valence-electron chi connectivity index (χ4n) is 2.41. The fourth-order valence-corrected chi connectivity index (χ4v) is 3.19. The Balaban J connectivity index is 2.06. The summed E-state index contributed by atoms with van der Waals surface area (Å²) in [5.74, 6) is -0.300. The number of amides is 1. The van der Waals surface area contributed by atoms with Crippen LogP contribution in [0.1, 0.15) is 33.2 Å². The van der Waals surface area contributed by atoms with E-state index in [2.05, 4.69) is 26.6 Å². The van der Waals surface area contributed by atoms with E-state index in [0.29, 0.717) is 29.2 Å². The van der Waals surface area contributed by atoms with E-state index in [1.54, 1.807) is 37.3 Å². The lowest BCUT2D eigenvalue weighted by atomic mass is 10.1. The van der Waals surface area contributed by atoms with Crippen molar-refractivity contribution in [1.82, 2.24) is 5.32 Å². The summed E-state index contributed by atoms with van der Waals surface area (Å²) >= 11 is 8.57. The summed E-state index contributed by atoms with van der Waals surface area (Å²) in [5, 5.41) is 5.65. The molecule has 0 heterocycles. The first-order valence-electron chi connectivity index (χ1n) is 8.09. The number of hydrogen-bond acceptors (Lipinski definition) is 5. The van der Waals surface area contributed by atoms with Crippen LogP contribution in [0.4, 0.5) is 5.69 Å². The van der Waals surface area contributed by atoms with Gasteiger partial charge in [0.05, 0.1) is 24.8 Å². The first kappa shape index (κ1) is 20.9. The van der Waals surface area contributed by atoms with Crippen molar-refractivity contribution >= 4 is 50.8 Å². The molecule has 27 heavy (non-hydrogen) atoms. The Labute approximate surface area is 171 Å². The Kier molecular flexibility index (Phi) is 7.32. The molecule has 0 saturated heterocycles. The summed E-state index contributed by atoms with van der Waals surface area (Å²) in [6.07, 6.45) is 0. The third kappa shape index (κ3) is 5.51. The molecule has 0 bridgehead atoms. The van der Waals surface area contributed by atoms with E-state index in [-0.39, 0.29) is 5.11 Å². The van der Waals surface area contributed by atoms with Crippen LogP contribution in [0, 0.1) is 6.92 Å². The minimum atomic E-state index is -0.392. The summed E-state index contributed by atoms with van der Waals surface area (Å²) < 4.78 is 11.0. The number of methoxy groups -OCH3 is 1. The maximum Gasteiger partial charge on any atom is 0.338 e. The van der Waals surface area contributed by atoms with E-state index in [1.807, 2.05) is 13.0 Å². The Morgan fingerprint density at radius 3 is 2.44 bits per heavy atom. The third-order valence-corrected chi connectivity index (χ3v) is 4.23. The van der Waals surface area contributed by atoms with E-state index >= 15 is 0 Å². The molecular weight excluding hydrogens is 432 g/mol. The maximum atomic E-state index is 12.5. The van der Waals surface area contributed by atoms with E-state index in [0.717, 1.165) is 10.0 Å². The molecule has 0 aliphatic carbocycles. The minimum Gasteiger partial charge on any atom is -0.496 e. The maximum absolute atomic E-state index is 12.5. The molecule has 2 rings (SSSR count). The standard InChI is InChI=1S/C19H19BrN2O4S/c1-4-26-18(24)12-5-7-14(8-6-12)21-19(27)22-17(23)15-10-13(20)9-11(2)16(15)25-3/h5-10H,4H2,1-3H3,(H2,21,22,23,27). The lowest BCUT2D eigenvalue weighted by Gasteiger charge is -2.14. The van der Waals surface area contributed by atoms with E-state index in [4.69, 9.17) is 21.7 Å². The van der Waals surface area contributed by atoms with Crippen molar-refractivity contribution in [3.8, 4) is 5.75 Å². The molecule has 0 spiro atoms. The molecule has 8 heteroatoms. The van der Waals surface area contributed by atoms with Gasteiger partial charge in [-0.3, -0.25) is 10.1 Å². The Bertz CT molecular complexity index is 869.